The van der Waals surface area contributed by atoms with Crippen LogP contribution in [0, 0.1) is 5.92 Å². The van der Waals surface area contributed by atoms with Gasteiger partial charge in [-0.2, -0.15) is 0 Å². The van der Waals surface area contributed by atoms with Crippen LogP contribution in [-0.2, 0) is 0 Å². The van der Waals surface area contributed by atoms with Gasteiger partial charge in [0.2, 0.25) is 0 Å². The number of nitrogens with zero attached hydrogens (tertiary/aromatic N) is 4. The number of hydrogen-bond acceptors (Lipinski definition) is 6. The van der Waals surface area contributed by atoms with Crippen LogP contribution in [0.15, 0.2) is 49.1 Å². The maximum absolute atomic E-state index is 14.0. The van der Waals surface area contributed by atoms with Gasteiger partial charge in [0.25, 0.3) is 5.92 Å². The van der Waals surface area contributed by atoms with Crippen LogP contribution in [0.25, 0.3) is 22.5 Å². The molecule has 2 atom stereocenters. The van der Waals surface area contributed by atoms with Gasteiger partial charge in [-0.1, -0.05) is 0 Å². The maximum Gasteiger partial charge on any atom is 0.251 e. The summed E-state index contributed by atoms with van der Waals surface area (Å²) in [4.78, 5) is 4.02. The Morgan fingerprint density at radius 3 is 2.67 bits per heavy atom. The molecule has 0 saturated carbocycles. The fourth-order valence-electron chi connectivity index (χ4n) is 5.40. The zero-order chi connectivity index (χ0) is 22.6. The van der Waals surface area contributed by atoms with Crippen molar-refractivity contribution in [3.05, 3.63) is 54.8 Å². The summed E-state index contributed by atoms with van der Waals surface area (Å²) in [6.07, 6.45) is 8.19. The number of aromatic hydroxyl groups is 1. The molecule has 0 unspecified atom stereocenters. The molecule has 0 spiro atoms. The summed E-state index contributed by atoms with van der Waals surface area (Å²) in [6, 6.07) is 6.71. The first-order valence-corrected chi connectivity index (χ1v) is 11.1. The van der Waals surface area contributed by atoms with Gasteiger partial charge in [0.1, 0.15) is 29.5 Å². The number of imidazole rings is 1. The Kier molecular flexibility index (Phi) is 4.69. The highest BCUT2D eigenvalue weighted by atomic mass is 19.3. The van der Waals surface area contributed by atoms with Gasteiger partial charge in [0.05, 0.1) is 12.0 Å². The van der Waals surface area contributed by atoms with Crippen LogP contribution in [0.3, 0.4) is 0 Å². The van der Waals surface area contributed by atoms with E-state index in [-0.39, 0.29) is 36.6 Å². The largest absolute Gasteiger partial charge is 0.507 e. The van der Waals surface area contributed by atoms with Gasteiger partial charge in [-0.15, -0.1) is 10.2 Å². The SMILES string of the molecule is Oc1cc(-n2ccnc2)ccc1-c1cc2c(nn1)C(C1C[C@H]3CC(F)(F)C[C@H](C1)N3)=CCO2. The third kappa shape index (κ3) is 3.76. The minimum absolute atomic E-state index is 0.0779. The number of piperidine rings is 2. The molecule has 0 aliphatic carbocycles. The van der Waals surface area contributed by atoms with Crippen molar-refractivity contribution in [1.82, 2.24) is 25.1 Å². The molecule has 0 amide bonds. The third-order valence-electron chi connectivity index (χ3n) is 6.77. The second kappa shape index (κ2) is 7.62. The average molecular weight is 451 g/mol. The molecule has 2 N–H and O–H groups in total. The Hall–Kier alpha value is -3.33. The zero-order valence-corrected chi connectivity index (χ0v) is 17.8. The van der Waals surface area contributed by atoms with Crippen molar-refractivity contribution in [3.8, 4) is 28.4 Å². The van der Waals surface area contributed by atoms with Gasteiger partial charge in [-0.05, 0) is 42.5 Å². The highest BCUT2D eigenvalue weighted by Crippen LogP contribution is 2.45. The Bertz CT molecular complexity index is 1210. The monoisotopic (exact) mass is 451 g/mol. The minimum Gasteiger partial charge on any atom is -0.507 e. The number of alkyl halides is 2. The molecule has 2 saturated heterocycles. The molecular weight excluding hydrogens is 428 g/mol. The number of phenolic OH excluding ortho intramolecular Hbond substituents is 1. The number of ether oxygens (including phenoxy) is 1. The number of phenols is 1. The van der Waals surface area contributed by atoms with Crippen LogP contribution in [-0.4, -0.2) is 49.5 Å². The lowest BCUT2D eigenvalue weighted by atomic mass is 9.74. The van der Waals surface area contributed by atoms with E-state index in [1.807, 2.05) is 12.1 Å². The normalized spacial score (nSPS) is 25.6. The van der Waals surface area contributed by atoms with Gasteiger partial charge < -0.3 is 19.7 Å². The van der Waals surface area contributed by atoms with Crippen LogP contribution >= 0.6 is 0 Å². The van der Waals surface area contributed by atoms with E-state index in [0.29, 0.717) is 42.1 Å². The molecule has 170 valence electrons. The summed E-state index contributed by atoms with van der Waals surface area (Å²) in [5.74, 6) is -1.76. The van der Waals surface area contributed by atoms with Crippen LogP contribution in [0.4, 0.5) is 8.78 Å². The predicted octanol–water partition coefficient (Wildman–Crippen LogP) is 3.98. The molecule has 1 aromatic carbocycles. The molecule has 9 heteroatoms. The summed E-state index contributed by atoms with van der Waals surface area (Å²) >= 11 is 0. The van der Waals surface area contributed by atoms with Crippen LogP contribution in [0.1, 0.15) is 31.4 Å². The van der Waals surface area contributed by atoms with Crippen molar-refractivity contribution < 1.29 is 18.6 Å². The van der Waals surface area contributed by atoms with Gasteiger partial charge in [0, 0.05) is 55.0 Å². The zero-order valence-electron chi connectivity index (χ0n) is 17.8. The fraction of sp³-hybridized carbons (Fsp3) is 0.375. The number of nitrogens with one attached hydrogen (secondary N) is 1. The van der Waals surface area contributed by atoms with E-state index in [0.717, 1.165) is 11.3 Å². The Morgan fingerprint density at radius 2 is 1.94 bits per heavy atom. The molecule has 3 aliphatic rings. The number of rotatable bonds is 3. The molecule has 2 bridgehead atoms. The molecule has 3 aromatic rings. The second-order valence-corrected chi connectivity index (χ2v) is 9.08. The molecule has 7 nitrogen and oxygen atoms in total. The number of benzene rings is 1. The standard InChI is InChI=1S/C24H23F2N5O2/c25-24(26)11-15-7-14(8-16(12-24)28-15)18-3-6-33-22-10-20(29-30-23(18)22)19-2-1-17(9-21(19)32)31-5-4-27-13-31/h1-5,9-10,13-16,28,32H,6-8,11-12H2/t15-,16-/m0/s1. The van der Waals surface area contributed by atoms with E-state index in [1.54, 1.807) is 41.5 Å². The minimum atomic E-state index is -2.59. The van der Waals surface area contributed by atoms with Gasteiger partial charge in [0.15, 0.2) is 0 Å². The van der Waals surface area contributed by atoms with Crippen LogP contribution in [0.5, 0.6) is 11.5 Å². The predicted molar refractivity (Wildman–Crippen MR) is 117 cm³/mol. The highest BCUT2D eigenvalue weighted by Gasteiger charge is 2.46. The van der Waals surface area contributed by atoms with E-state index in [4.69, 9.17) is 4.74 Å². The lowest BCUT2D eigenvalue weighted by molar-refractivity contribution is -0.0683. The molecule has 6 rings (SSSR count). The second-order valence-electron chi connectivity index (χ2n) is 9.08. The van der Waals surface area contributed by atoms with Crippen molar-refractivity contribution in [2.45, 2.75) is 43.7 Å². The number of hydrogen-bond donors (Lipinski definition) is 2. The summed E-state index contributed by atoms with van der Waals surface area (Å²) in [5.41, 5.74) is 3.52. The average Bonchev–Trinajstić information content (AvgIpc) is 3.32. The number of allylic oxidation sites excluding steroid dienone is 1. The molecule has 0 radical (unpaired) electrons. The van der Waals surface area contributed by atoms with E-state index < -0.39 is 5.92 Å². The van der Waals surface area contributed by atoms with E-state index in [1.165, 1.54) is 0 Å². The van der Waals surface area contributed by atoms with E-state index in [2.05, 4.69) is 20.5 Å². The molecule has 3 aliphatic heterocycles. The van der Waals surface area contributed by atoms with Gasteiger partial charge in [-0.3, -0.25) is 0 Å². The topological polar surface area (TPSA) is 85.1 Å². The van der Waals surface area contributed by atoms with Crippen molar-refractivity contribution in [1.29, 1.82) is 0 Å². The lowest BCUT2D eigenvalue weighted by Gasteiger charge is -2.44. The number of halogens is 2. The van der Waals surface area contributed by atoms with Crippen molar-refractivity contribution in [3.63, 3.8) is 0 Å². The Balaban J connectivity index is 1.27. The lowest BCUT2D eigenvalue weighted by Crippen LogP contribution is -2.54. The Labute approximate surface area is 189 Å². The van der Waals surface area contributed by atoms with Crippen molar-refractivity contribution in [2.24, 2.45) is 5.92 Å². The smallest absolute Gasteiger partial charge is 0.251 e. The molecule has 2 aromatic heterocycles. The summed E-state index contributed by atoms with van der Waals surface area (Å²) in [5, 5.41) is 22.8. The first kappa shape index (κ1) is 20.3. The summed E-state index contributed by atoms with van der Waals surface area (Å²) in [6.45, 7) is 0.397. The van der Waals surface area contributed by atoms with Gasteiger partial charge >= 0.3 is 0 Å². The highest BCUT2D eigenvalue weighted by molar-refractivity contribution is 5.75. The number of fused-ring (bicyclic) bond motifs is 3. The molecule has 5 heterocycles. The first-order valence-electron chi connectivity index (χ1n) is 11.1. The van der Waals surface area contributed by atoms with Crippen LogP contribution in [0.2, 0.25) is 0 Å². The first-order chi connectivity index (χ1) is 15.9. The van der Waals surface area contributed by atoms with Crippen molar-refractivity contribution in [2.75, 3.05) is 6.61 Å². The summed E-state index contributed by atoms with van der Waals surface area (Å²) < 4.78 is 35.6. The summed E-state index contributed by atoms with van der Waals surface area (Å²) in [7, 11) is 0. The fourth-order valence-corrected chi connectivity index (χ4v) is 5.40. The Morgan fingerprint density at radius 1 is 1.12 bits per heavy atom. The molecule has 2 fully saturated rings. The third-order valence-corrected chi connectivity index (χ3v) is 6.77. The van der Waals surface area contributed by atoms with Crippen molar-refractivity contribution >= 4 is 5.57 Å². The molecule has 33 heavy (non-hydrogen) atoms. The maximum atomic E-state index is 14.0. The number of aromatic nitrogens is 4. The quantitative estimate of drug-likeness (QED) is 0.627. The van der Waals surface area contributed by atoms with E-state index in [9.17, 15) is 13.9 Å². The molecular formula is C24H23F2N5O2. The van der Waals surface area contributed by atoms with E-state index >= 15 is 0 Å². The van der Waals surface area contributed by atoms with Crippen LogP contribution < -0.4 is 10.1 Å². The van der Waals surface area contributed by atoms with Gasteiger partial charge in [-0.25, -0.2) is 13.8 Å².